The van der Waals surface area contributed by atoms with E-state index in [1.807, 2.05) is 12.4 Å². The molecule has 7 heteroatoms. The Bertz CT molecular complexity index is 1400. The summed E-state index contributed by atoms with van der Waals surface area (Å²) in [5.74, 6) is 2.52. The van der Waals surface area contributed by atoms with Crippen LogP contribution in [0.4, 0.5) is 11.4 Å². The van der Waals surface area contributed by atoms with E-state index in [4.69, 9.17) is 15.0 Å². The fourth-order valence-corrected chi connectivity index (χ4v) is 9.74. The van der Waals surface area contributed by atoms with E-state index in [1.54, 1.807) is 0 Å². The van der Waals surface area contributed by atoms with Crippen LogP contribution in [-0.2, 0) is 16.8 Å². The van der Waals surface area contributed by atoms with Gasteiger partial charge in [-0.1, -0.05) is 119 Å². The number of benzene rings is 2. The van der Waals surface area contributed by atoms with Crippen LogP contribution in [-0.4, -0.2) is 17.4 Å². The number of aryl methyl sites for hydroxylation is 2. The van der Waals surface area contributed by atoms with Crippen molar-refractivity contribution in [1.82, 2.24) is 4.98 Å². The Labute approximate surface area is 344 Å². The van der Waals surface area contributed by atoms with Gasteiger partial charge < -0.3 is 37.2 Å². The molecular weight excluding hydrogens is 748 g/mol. The molecule has 7 rings (SSSR count). The number of aromatic nitrogens is 1. The van der Waals surface area contributed by atoms with Crippen LogP contribution in [0.3, 0.4) is 0 Å². The Morgan fingerprint density at radius 2 is 0.731 bits per heavy atom. The third-order valence-electron chi connectivity index (χ3n) is 12.3. The Morgan fingerprint density at radius 3 is 1.00 bits per heavy atom. The summed E-state index contributed by atoms with van der Waals surface area (Å²) < 4.78 is 0. The van der Waals surface area contributed by atoms with Crippen LogP contribution in [0.15, 0.2) is 52.4 Å². The molecule has 2 aromatic carbocycles. The van der Waals surface area contributed by atoms with E-state index < -0.39 is 0 Å². The number of pyridine rings is 1. The Kier molecular flexibility index (Phi) is 18.9. The van der Waals surface area contributed by atoms with E-state index in [2.05, 4.69) is 56.3 Å². The molecule has 4 fully saturated rings. The third kappa shape index (κ3) is 11.2. The summed E-state index contributed by atoms with van der Waals surface area (Å²) in [7, 11) is 0. The average Bonchev–Trinajstić information content (AvgIpc) is 3.15. The van der Waals surface area contributed by atoms with Crippen LogP contribution in [0.5, 0.6) is 0 Å². The minimum atomic E-state index is 0. The molecule has 3 aromatic rings. The van der Waals surface area contributed by atoms with E-state index in [1.165, 1.54) is 173 Å². The summed E-state index contributed by atoms with van der Waals surface area (Å²) in [6.45, 7) is 4.59. The first-order valence-electron chi connectivity index (χ1n) is 20.0. The second-order valence-electron chi connectivity index (χ2n) is 15.9. The maximum absolute atomic E-state index is 5.36. The first-order valence-corrected chi connectivity index (χ1v) is 20.0. The summed E-state index contributed by atoms with van der Waals surface area (Å²) in [6.07, 6.45) is 30.7. The van der Waals surface area contributed by atoms with Crippen LogP contribution in [0.2, 0.25) is 0 Å². The van der Waals surface area contributed by atoms with Crippen molar-refractivity contribution in [2.24, 2.45) is 9.98 Å². The monoisotopic (exact) mass is 805 g/mol. The van der Waals surface area contributed by atoms with Crippen molar-refractivity contribution in [3.8, 4) is 0 Å². The van der Waals surface area contributed by atoms with Crippen molar-refractivity contribution in [3.05, 3.63) is 87.2 Å². The third-order valence-corrected chi connectivity index (χ3v) is 12.3. The molecule has 3 nitrogen and oxygen atoms in total. The predicted octanol–water partition coefficient (Wildman–Crippen LogP) is 4.40. The zero-order valence-electron chi connectivity index (χ0n) is 31.5. The molecule has 4 aliphatic carbocycles. The van der Waals surface area contributed by atoms with Crippen LogP contribution in [0.1, 0.15) is 197 Å². The van der Waals surface area contributed by atoms with E-state index in [9.17, 15) is 0 Å². The van der Waals surface area contributed by atoms with Gasteiger partial charge in [0.1, 0.15) is 0 Å². The van der Waals surface area contributed by atoms with E-state index in [0.29, 0.717) is 23.7 Å². The molecule has 0 bridgehead atoms. The molecule has 0 atom stereocenters. The number of nitrogens with zero attached hydrogens (tertiary/aromatic N) is 3. The van der Waals surface area contributed by atoms with Gasteiger partial charge in [-0.3, -0.25) is 9.98 Å². The summed E-state index contributed by atoms with van der Waals surface area (Å²) in [5.41, 5.74) is 13.2. The minimum absolute atomic E-state index is 0. The predicted molar refractivity (Wildman–Crippen MR) is 204 cm³/mol. The van der Waals surface area contributed by atoms with Crippen molar-refractivity contribution in [1.29, 1.82) is 0 Å². The molecule has 52 heavy (non-hydrogen) atoms. The number of aliphatic imine (C=N–C) groups is 2. The van der Waals surface area contributed by atoms with Gasteiger partial charge in [0.15, 0.2) is 0 Å². The largest absolute Gasteiger partial charge is 3.00 e. The molecule has 0 N–H and O–H groups in total. The van der Waals surface area contributed by atoms with Gasteiger partial charge in [0.2, 0.25) is 0 Å². The molecule has 1 heterocycles. The maximum atomic E-state index is 5.36. The first-order chi connectivity index (χ1) is 23.6. The van der Waals surface area contributed by atoms with Gasteiger partial charge in [0.05, 0.1) is 35.2 Å². The van der Waals surface area contributed by atoms with Gasteiger partial charge in [-0.15, -0.1) is 0 Å². The minimum Gasteiger partial charge on any atom is -1.00 e. The smallest absolute Gasteiger partial charge is 1.00 e. The first kappa shape index (κ1) is 44.7. The molecule has 0 radical (unpaired) electrons. The van der Waals surface area contributed by atoms with Gasteiger partial charge in [-0.25, -0.2) is 4.98 Å². The topological polar surface area (TPSA) is 37.6 Å². The van der Waals surface area contributed by atoms with Crippen molar-refractivity contribution < 1.29 is 54.0 Å². The number of hydrogen-bond donors (Lipinski definition) is 0. The molecule has 1 aromatic heterocycles. The standard InChI is InChI=1S/C45H59N3.3ClH.Co/c1-32-26-40(34-16-7-3-8-17-34)44(41(27-32)35-18-9-4-10-19-35)46-30-38-24-15-25-39(48-38)31-47-45-42(36-20-11-5-12-21-36)28-33(2)29-43(45)37-22-13-6-14-23-37;;;;/h15,24-31,34-37H,3-14,16-23H2,1-2H3;3*1H;/q;;;;+3/p-3. The van der Waals surface area contributed by atoms with Gasteiger partial charge >= 0.3 is 16.8 Å². The van der Waals surface area contributed by atoms with Gasteiger partial charge in [-0.05, 0) is 123 Å². The SMILES string of the molecule is Cc1cc(C2CCCCC2)c(N=Cc2cccc(C=Nc3c(C4CCCCC4)cc(C)cc3C3CCCCC3)n2)c(C2CCCCC2)c1.[Cl-].[Cl-].[Cl-].[Co+3]. The maximum Gasteiger partial charge on any atom is 3.00 e. The molecule has 0 unspecified atom stereocenters. The number of rotatable bonds is 8. The molecule has 0 aliphatic heterocycles. The van der Waals surface area contributed by atoms with Gasteiger partial charge in [0, 0.05) is 0 Å². The quantitative estimate of drug-likeness (QED) is 0.312. The van der Waals surface area contributed by atoms with Crippen LogP contribution >= 0.6 is 0 Å². The van der Waals surface area contributed by atoms with Crippen molar-refractivity contribution >= 4 is 23.8 Å². The van der Waals surface area contributed by atoms with Gasteiger partial charge in [0.25, 0.3) is 0 Å². The summed E-state index contributed by atoms with van der Waals surface area (Å²) in [5, 5.41) is 0. The van der Waals surface area contributed by atoms with Gasteiger partial charge in [-0.2, -0.15) is 0 Å². The summed E-state index contributed by atoms with van der Waals surface area (Å²) in [6, 6.07) is 16.2. The molecule has 0 saturated heterocycles. The van der Waals surface area contributed by atoms with Crippen LogP contribution in [0.25, 0.3) is 0 Å². The zero-order chi connectivity index (χ0) is 32.7. The second kappa shape index (κ2) is 22.0. The Balaban J connectivity index is 0.00000182. The van der Waals surface area contributed by atoms with Crippen LogP contribution in [0, 0.1) is 13.8 Å². The average molecular weight is 807 g/mol. The van der Waals surface area contributed by atoms with Crippen molar-refractivity contribution in [2.75, 3.05) is 0 Å². The zero-order valence-corrected chi connectivity index (χ0v) is 34.8. The fraction of sp³-hybridized carbons (Fsp3) is 0.578. The molecular formula is C45H59Cl3CoN3. The summed E-state index contributed by atoms with van der Waals surface area (Å²) in [4.78, 5) is 15.8. The number of halogens is 3. The second-order valence-corrected chi connectivity index (χ2v) is 15.9. The number of hydrogen-bond acceptors (Lipinski definition) is 3. The fourth-order valence-electron chi connectivity index (χ4n) is 9.74. The molecule has 284 valence electrons. The van der Waals surface area contributed by atoms with E-state index in [0.717, 1.165) is 11.4 Å². The molecule has 0 spiro atoms. The van der Waals surface area contributed by atoms with Crippen molar-refractivity contribution in [2.45, 2.75) is 166 Å². The molecule has 0 amide bonds. The normalized spacial score (nSPS) is 19.4. The Hall–Kier alpha value is -1.69. The van der Waals surface area contributed by atoms with E-state index >= 15 is 0 Å². The van der Waals surface area contributed by atoms with E-state index in [-0.39, 0.29) is 54.0 Å². The summed E-state index contributed by atoms with van der Waals surface area (Å²) >= 11 is 0. The molecule has 4 saturated carbocycles. The van der Waals surface area contributed by atoms with Crippen LogP contribution < -0.4 is 37.2 Å². The Morgan fingerprint density at radius 1 is 0.462 bits per heavy atom. The molecule has 4 aliphatic rings. The van der Waals surface area contributed by atoms with Crippen molar-refractivity contribution in [3.63, 3.8) is 0 Å².